The fourth-order valence-electron chi connectivity index (χ4n) is 1.08. The Hall–Kier alpha value is -0.280. The Morgan fingerprint density at radius 3 is 2.92 bits per heavy atom. The van der Waals surface area contributed by atoms with Gasteiger partial charge in [-0.05, 0) is 25.7 Å². The second-order valence-electron chi connectivity index (χ2n) is 3.29. The Morgan fingerprint density at radius 1 is 1.69 bits per heavy atom. The van der Waals surface area contributed by atoms with Crippen molar-refractivity contribution in [1.29, 1.82) is 0 Å². The van der Waals surface area contributed by atoms with E-state index in [2.05, 4.69) is 5.32 Å². The Balaban J connectivity index is 2.00. The van der Waals surface area contributed by atoms with Crippen LogP contribution in [0.15, 0.2) is 0 Å². The summed E-state index contributed by atoms with van der Waals surface area (Å²) in [5.41, 5.74) is 0. The molecule has 4 heteroatoms. The van der Waals surface area contributed by atoms with Gasteiger partial charge in [0.05, 0.1) is 5.38 Å². The van der Waals surface area contributed by atoms with Crippen LogP contribution in [0, 0.1) is 5.92 Å². The number of carbonyl (C=O) groups is 1. The van der Waals surface area contributed by atoms with Crippen LogP contribution in [0.5, 0.6) is 0 Å². The summed E-state index contributed by atoms with van der Waals surface area (Å²) in [5, 5.41) is 2.85. The molecule has 1 rings (SSSR count). The number of carbonyl (C=O) groups excluding carboxylic acids is 1. The summed E-state index contributed by atoms with van der Waals surface area (Å²) in [6, 6.07) is 0. The zero-order valence-electron chi connectivity index (χ0n) is 7.88. The third kappa shape index (κ3) is 4.48. The molecule has 0 spiro atoms. The molecule has 0 aromatic carbocycles. The number of alkyl halides is 1. The van der Waals surface area contributed by atoms with Crippen LogP contribution in [0.1, 0.15) is 19.8 Å². The third-order valence-electron chi connectivity index (χ3n) is 2.07. The smallest absolute Gasteiger partial charge is 0.246 e. The number of hydrogen-bond donors (Lipinski definition) is 1. The van der Waals surface area contributed by atoms with Crippen molar-refractivity contribution in [3.8, 4) is 0 Å². The van der Waals surface area contributed by atoms with E-state index in [4.69, 9.17) is 16.3 Å². The molecular formula is C9H16ClNO2. The summed E-state index contributed by atoms with van der Waals surface area (Å²) in [5.74, 6) is 0.544. The van der Waals surface area contributed by atoms with Gasteiger partial charge in [0.2, 0.25) is 5.91 Å². The van der Waals surface area contributed by atoms with Crippen LogP contribution in [-0.4, -0.2) is 31.0 Å². The second-order valence-corrected chi connectivity index (χ2v) is 3.86. The normalized spacial score (nSPS) is 18.3. The van der Waals surface area contributed by atoms with E-state index in [1.807, 2.05) is 6.92 Å². The minimum atomic E-state index is -0.0758. The molecule has 0 heterocycles. The van der Waals surface area contributed by atoms with E-state index in [1.54, 1.807) is 0 Å². The van der Waals surface area contributed by atoms with Gasteiger partial charge in [-0.25, -0.2) is 0 Å². The van der Waals surface area contributed by atoms with Crippen LogP contribution >= 0.6 is 11.6 Å². The lowest BCUT2D eigenvalue weighted by Gasteiger charge is -2.09. The van der Waals surface area contributed by atoms with Crippen LogP contribution in [0.2, 0.25) is 0 Å². The predicted molar refractivity (Wildman–Crippen MR) is 51.9 cm³/mol. The maximum absolute atomic E-state index is 11.1. The summed E-state index contributed by atoms with van der Waals surface area (Å²) in [6.45, 7) is 3.14. The van der Waals surface area contributed by atoms with Crippen molar-refractivity contribution in [2.24, 2.45) is 5.92 Å². The first kappa shape index (κ1) is 10.8. The molecule has 1 fully saturated rings. The number of ether oxygens (including phenoxy) is 1. The van der Waals surface area contributed by atoms with Crippen LogP contribution in [0.4, 0.5) is 0 Å². The summed E-state index contributed by atoms with van der Waals surface area (Å²) in [7, 11) is 0. The molecule has 1 saturated carbocycles. The topological polar surface area (TPSA) is 38.3 Å². The molecule has 1 aliphatic rings. The van der Waals surface area contributed by atoms with E-state index in [9.17, 15) is 4.79 Å². The lowest BCUT2D eigenvalue weighted by molar-refractivity contribution is -0.125. The Morgan fingerprint density at radius 2 is 2.38 bits per heavy atom. The summed E-state index contributed by atoms with van der Waals surface area (Å²) in [6.07, 6.45) is 2.41. The number of hydrogen-bond acceptors (Lipinski definition) is 2. The first-order valence-electron chi connectivity index (χ1n) is 4.72. The molecule has 13 heavy (non-hydrogen) atoms. The summed E-state index contributed by atoms with van der Waals surface area (Å²) >= 11 is 6.00. The minimum Gasteiger partial charge on any atom is -0.372 e. The Bertz CT molecular complexity index is 171. The molecule has 0 bridgehead atoms. The number of halogens is 1. The molecule has 1 amide bonds. The highest BCUT2D eigenvalue weighted by molar-refractivity contribution is 6.21. The molecule has 1 N–H and O–H groups in total. The summed E-state index contributed by atoms with van der Waals surface area (Å²) < 4.78 is 4.95. The standard InChI is InChI=1S/C9H16ClNO2/c1-2-13-6-9(12)11-5-8(10)7-3-4-7/h7-8H,2-6H2,1H3,(H,11,12). The predicted octanol–water partition coefficient (Wildman–Crippen LogP) is 1.16. The molecule has 0 aliphatic heterocycles. The fourth-order valence-corrected chi connectivity index (χ4v) is 1.41. The highest BCUT2D eigenvalue weighted by Gasteiger charge is 2.29. The van der Waals surface area contributed by atoms with Gasteiger partial charge in [0.15, 0.2) is 0 Å². The SMILES string of the molecule is CCOCC(=O)NCC(Cl)C1CC1. The number of rotatable bonds is 6. The van der Waals surface area contributed by atoms with E-state index in [0.717, 1.165) is 0 Å². The monoisotopic (exact) mass is 205 g/mol. The van der Waals surface area contributed by atoms with Crippen LogP contribution in [-0.2, 0) is 9.53 Å². The molecule has 1 unspecified atom stereocenters. The highest BCUT2D eigenvalue weighted by atomic mass is 35.5. The van der Waals surface area contributed by atoms with Gasteiger partial charge >= 0.3 is 0 Å². The molecule has 0 radical (unpaired) electrons. The van der Waals surface area contributed by atoms with Gasteiger partial charge in [-0.2, -0.15) is 0 Å². The van der Waals surface area contributed by atoms with Crippen LogP contribution in [0.3, 0.4) is 0 Å². The second kappa shape index (κ2) is 5.45. The zero-order chi connectivity index (χ0) is 9.68. The molecule has 3 nitrogen and oxygen atoms in total. The van der Waals surface area contributed by atoms with E-state index in [0.29, 0.717) is 19.1 Å². The van der Waals surface area contributed by atoms with Crippen molar-refractivity contribution in [3.63, 3.8) is 0 Å². The average Bonchev–Trinajstić information content (AvgIpc) is 2.93. The third-order valence-corrected chi connectivity index (χ3v) is 2.58. The van der Waals surface area contributed by atoms with Gasteiger partial charge in [-0.1, -0.05) is 0 Å². The Labute approximate surface area is 83.8 Å². The highest BCUT2D eigenvalue weighted by Crippen LogP contribution is 2.35. The van der Waals surface area contributed by atoms with Crippen LogP contribution in [0.25, 0.3) is 0 Å². The average molecular weight is 206 g/mol. The Kier molecular flexibility index (Phi) is 4.53. The van der Waals surface area contributed by atoms with Crippen molar-refractivity contribution in [3.05, 3.63) is 0 Å². The minimum absolute atomic E-state index is 0.0758. The number of amides is 1. The van der Waals surface area contributed by atoms with Crippen LogP contribution < -0.4 is 5.32 Å². The molecule has 76 valence electrons. The molecule has 1 aliphatic carbocycles. The first-order chi connectivity index (χ1) is 6.24. The fraction of sp³-hybridized carbons (Fsp3) is 0.889. The van der Waals surface area contributed by atoms with Gasteiger partial charge in [-0.3, -0.25) is 4.79 Å². The first-order valence-corrected chi connectivity index (χ1v) is 5.16. The quantitative estimate of drug-likeness (QED) is 0.661. The van der Waals surface area contributed by atoms with Gasteiger partial charge in [-0.15, -0.1) is 11.6 Å². The van der Waals surface area contributed by atoms with Crippen molar-refractivity contribution < 1.29 is 9.53 Å². The molecule has 0 aromatic heterocycles. The van der Waals surface area contributed by atoms with Gasteiger partial charge in [0.1, 0.15) is 6.61 Å². The van der Waals surface area contributed by atoms with Gasteiger partial charge in [0, 0.05) is 13.2 Å². The molecule has 0 saturated heterocycles. The zero-order valence-corrected chi connectivity index (χ0v) is 8.64. The molecular weight excluding hydrogens is 190 g/mol. The largest absolute Gasteiger partial charge is 0.372 e. The van der Waals surface area contributed by atoms with Crippen molar-refractivity contribution >= 4 is 17.5 Å². The van der Waals surface area contributed by atoms with Crippen molar-refractivity contribution in [2.75, 3.05) is 19.8 Å². The van der Waals surface area contributed by atoms with E-state index < -0.39 is 0 Å². The van der Waals surface area contributed by atoms with E-state index >= 15 is 0 Å². The van der Waals surface area contributed by atoms with Gasteiger partial charge < -0.3 is 10.1 Å². The summed E-state index contributed by atoms with van der Waals surface area (Å²) in [4.78, 5) is 11.1. The van der Waals surface area contributed by atoms with Crippen molar-refractivity contribution in [2.45, 2.75) is 25.1 Å². The maximum Gasteiger partial charge on any atom is 0.246 e. The lowest BCUT2D eigenvalue weighted by Crippen LogP contribution is -2.33. The molecule has 1 atom stereocenters. The number of nitrogens with one attached hydrogen (secondary N) is 1. The maximum atomic E-state index is 11.1. The molecule has 0 aromatic rings. The lowest BCUT2D eigenvalue weighted by atomic mass is 10.3. The van der Waals surface area contributed by atoms with E-state index in [1.165, 1.54) is 12.8 Å². The van der Waals surface area contributed by atoms with Crippen molar-refractivity contribution in [1.82, 2.24) is 5.32 Å². The van der Waals surface area contributed by atoms with Gasteiger partial charge in [0.25, 0.3) is 0 Å². The van der Waals surface area contributed by atoms with E-state index in [-0.39, 0.29) is 17.9 Å².